The minimum absolute atomic E-state index is 0.860. The van der Waals surface area contributed by atoms with Crippen LogP contribution in [0.4, 0.5) is 0 Å². The molecule has 0 atom stereocenters. The molecule has 3 heteroatoms. The van der Waals surface area contributed by atoms with E-state index in [4.69, 9.17) is 4.74 Å². The maximum absolute atomic E-state index is 5.47. The van der Waals surface area contributed by atoms with Crippen molar-refractivity contribution in [3.8, 4) is 5.75 Å². The smallest absolute Gasteiger partial charge is 0.128 e. The van der Waals surface area contributed by atoms with Crippen molar-refractivity contribution in [3.05, 3.63) is 23.0 Å². The van der Waals surface area contributed by atoms with Crippen LogP contribution in [0.15, 0.2) is 6.20 Å². The molecule has 0 saturated heterocycles. The lowest BCUT2D eigenvalue weighted by Gasteiger charge is -2.17. The monoisotopic (exact) mass is 274 g/mol. The number of aromatic nitrogens is 1. The Morgan fingerprint density at radius 2 is 1.90 bits per heavy atom. The highest BCUT2D eigenvalue weighted by Crippen LogP contribution is 2.48. The highest BCUT2D eigenvalue weighted by Gasteiger charge is 2.40. The number of hydrogen-bond donors (Lipinski definition) is 1. The second-order valence-electron chi connectivity index (χ2n) is 6.52. The summed E-state index contributed by atoms with van der Waals surface area (Å²) in [6.07, 6.45) is 7.75. The molecule has 0 unspecified atom stereocenters. The van der Waals surface area contributed by atoms with Crippen molar-refractivity contribution in [1.82, 2.24) is 10.3 Å². The molecule has 1 heterocycles. The van der Waals surface area contributed by atoms with Gasteiger partial charge in [0.05, 0.1) is 12.8 Å². The van der Waals surface area contributed by atoms with E-state index in [2.05, 4.69) is 17.2 Å². The van der Waals surface area contributed by atoms with E-state index in [1.807, 2.05) is 13.1 Å². The van der Waals surface area contributed by atoms with Crippen molar-refractivity contribution < 1.29 is 4.74 Å². The van der Waals surface area contributed by atoms with Crippen LogP contribution in [0.3, 0.4) is 0 Å². The predicted octanol–water partition coefficient (Wildman–Crippen LogP) is 3.23. The normalized spacial score (nSPS) is 18.6. The van der Waals surface area contributed by atoms with Gasteiger partial charge in [0.1, 0.15) is 5.75 Å². The van der Waals surface area contributed by atoms with Crippen LogP contribution in [0, 0.1) is 31.6 Å². The Bertz CT molecular complexity index is 466. The van der Waals surface area contributed by atoms with E-state index in [9.17, 15) is 0 Å². The number of ether oxygens (including phenoxy) is 1. The van der Waals surface area contributed by atoms with Crippen LogP contribution in [0.25, 0.3) is 0 Å². The maximum Gasteiger partial charge on any atom is 0.128 e. The molecule has 1 aromatic rings. The molecule has 0 amide bonds. The van der Waals surface area contributed by atoms with E-state index in [1.54, 1.807) is 7.11 Å². The fraction of sp³-hybridized carbons (Fsp3) is 0.706. The Morgan fingerprint density at radius 1 is 1.25 bits per heavy atom. The molecule has 0 radical (unpaired) electrons. The highest BCUT2D eigenvalue weighted by atomic mass is 16.5. The third-order valence-electron chi connectivity index (χ3n) is 4.88. The van der Waals surface area contributed by atoms with E-state index in [1.165, 1.54) is 31.2 Å². The van der Waals surface area contributed by atoms with Crippen molar-refractivity contribution in [3.63, 3.8) is 0 Å². The van der Waals surface area contributed by atoms with Gasteiger partial charge in [-0.15, -0.1) is 0 Å². The summed E-state index contributed by atoms with van der Waals surface area (Å²) < 4.78 is 5.47. The van der Waals surface area contributed by atoms with Crippen LogP contribution < -0.4 is 10.1 Å². The highest BCUT2D eigenvalue weighted by molar-refractivity contribution is 5.40. The van der Waals surface area contributed by atoms with E-state index in [0.717, 1.165) is 47.9 Å². The minimum atomic E-state index is 0.860. The number of nitrogens with zero attached hydrogens (tertiary/aromatic N) is 1. The second-order valence-corrected chi connectivity index (χ2v) is 6.52. The summed E-state index contributed by atoms with van der Waals surface area (Å²) in [6.45, 7) is 6.17. The van der Waals surface area contributed by atoms with Crippen molar-refractivity contribution in [2.45, 2.75) is 46.1 Å². The quantitative estimate of drug-likeness (QED) is 0.829. The first kappa shape index (κ1) is 13.9. The maximum atomic E-state index is 5.47. The van der Waals surface area contributed by atoms with Gasteiger partial charge in [0.2, 0.25) is 0 Å². The van der Waals surface area contributed by atoms with Gasteiger partial charge in [0.15, 0.2) is 0 Å². The van der Waals surface area contributed by atoms with Crippen LogP contribution in [-0.2, 0) is 6.54 Å². The first-order valence-corrected chi connectivity index (χ1v) is 7.90. The van der Waals surface area contributed by atoms with Gasteiger partial charge in [0.25, 0.3) is 0 Å². The molecule has 0 spiro atoms. The molecule has 110 valence electrons. The Kier molecular flexibility index (Phi) is 3.97. The molecule has 2 aliphatic carbocycles. The first-order chi connectivity index (χ1) is 9.70. The summed E-state index contributed by atoms with van der Waals surface area (Å²) in [7, 11) is 1.74. The van der Waals surface area contributed by atoms with Gasteiger partial charge in [-0.3, -0.25) is 4.98 Å². The molecule has 0 aliphatic heterocycles. The Balaban J connectivity index is 1.57. The summed E-state index contributed by atoms with van der Waals surface area (Å²) in [5.74, 6) is 3.92. The Hall–Kier alpha value is -1.09. The van der Waals surface area contributed by atoms with Crippen molar-refractivity contribution in [1.29, 1.82) is 0 Å². The summed E-state index contributed by atoms with van der Waals surface area (Å²) in [6, 6.07) is 0. The van der Waals surface area contributed by atoms with E-state index >= 15 is 0 Å². The van der Waals surface area contributed by atoms with E-state index < -0.39 is 0 Å². The van der Waals surface area contributed by atoms with Crippen LogP contribution >= 0.6 is 0 Å². The van der Waals surface area contributed by atoms with Gasteiger partial charge < -0.3 is 10.1 Å². The van der Waals surface area contributed by atoms with E-state index in [0.29, 0.717) is 0 Å². The van der Waals surface area contributed by atoms with Gasteiger partial charge in [-0.25, -0.2) is 0 Å². The fourth-order valence-corrected chi connectivity index (χ4v) is 3.37. The molecular weight excluding hydrogens is 248 g/mol. The predicted molar refractivity (Wildman–Crippen MR) is 80.9 cm³/mol. The van der Waals surface area contributed by atoms with Crippen LogP contribution in [0.2, 0.25) is 0 Å². The van der Waals surface area contributed by atoms with Gasteiger partial charge in [-0.05, 0) is 63.8 Å². The standard InChI is InChI=1S/C17H26N2O/c1-11-8-19-16(12(2)17(11)20-3)10-18-9-15(13-4-5-13)14-6-7-14/h8,13-15,18H,4-7,9-10H2,1-3H3. The van der Waals surface area contributed by atoms with Crippen molar-refractivity contribution in [2.75, 3.05) is 13.7 Å². The molecule has 3 nitrogen and oxygen atoms in total. The molecule has 0 aromatic carbocycles. The number of hydrogen-bond acceptors (Lipinski definition) is 3. The molecule has 20 heavy (non-hydrogen) atoms. The zero-order valence-corrected chi connectivity index (χ0v) is 12.9. The van der Waals surface area contributed by atoms with E-state index in [-0.39, 0.29) is 0 Å². The molecule has 0 bridgehead atoms. The lowest BCUT2D eigenvalue weighted by molar-refractivity contribution is 0.376. The van der Waals surface area contributed by atoms with Crippen LogP contribution in [0.1, 0.15) is 42.5 Å². The average Bonchev–Trinajstić information content (AvgIpc) is 3.30. The van der Waals surface area contributed by atoms with Crippen LogP contribution in [0.5, 0.6) is 5.75 Å². The lowest BCUT2D eigenvalue weighted by atomic mass is 9.98. The SMILES string of the molecule is COc1c(C)cnc(CNCC(C2CC2)C2CC2)c1C. The minimum Gasteiger partial charge on any atom is -0.496 e. The number of pyridine rings is 1. The summed E-state index contributed by atoms with van der Waals surface area (Å²) in [4.78, 5) is 4.56. The third kappa shape index (κ3) is 2.98. The summed E-state index contributed by atoms with van der Waals surface area (Å²) in [5, 5.41) is 3.64. The Morgan fingerprint density at radius 3 is 2.45 bits per heavy atom. The van der Waals surface area contributed by atoms with Crippen molar-refractivity contribution >= 4 is 0 Å². The third-order valence-corrected chi connectivity index (χ3v) is 4.88. The first-order valence-electron chi connectivity index (χ1n) is 7.90. The molecule has 2 fully saturated rings. The van der Waals surface area contributed by atoms with Gasteiger partial charge >= 0.3 is 0 Å². The molecule has 2 saturated carbocycles. The number of aryl methyl sites for hydroxylation is 1. The molecule has 1 aromatic heterocycles. The zero-order chi connectivity index (χ0) is 14.1. The number of rotatable bonds is 7. The largest absolute Gasteiger partial charge is 0.496 e. The van der Waals surface area contributed by atoms with Crippen molar-refractivity contribution in [2.24, 2.45) is 17.8 Å². The lowest BCUT2D eigenvalue weighted by Crippen LogP contribution is -2.26. The molecular formula is C17H26N2O. The van der Waals surface area contributed by atoms with Crippen LogP contribution in [-0.4, -0.2) is 18.6 Å². The fourth-order valence-electron chi connectivity index (χ4n) is 3.37. The molecule has 1 N–H and O–H groups in total. The molecule has 3 rings (SSSR count). The molecule has 2 aliphatic rings. The van der Waals surface area contributed by atoms with Gasteiger partial charge in [0, 0.05) is 23.9 Å². The van der Waals surface area contributed by atoms with Gasteiger partial charge in [-0.2, -0.15) is 0 Å². The summed E-state index contributed by atoms with van der Waals surface area (Å²) in [5.41, 5.74) is 3.41. The topological polar surface area (TPSA) is 34.1 Å². The van der Waals surface area contributed by atoms with Gasteiger partial charge in [-0.1, -0.05) is 0 Å². The Labute approximate surface area is 122 Å². The summed E-state index contributed by atoms with van der Waals surface area (Å²) >= 11 is 0. The zero-order valence-electron chi connectivity index (χ0n) is 12.9. The average molecular weight is 274 g/mol. The second kappa shape index (κ2) is 5.72. The number of methoxy groups -OCH3 is 1. The number of nitrogens with one attached hydrogen (secondary N) is 1.